The molecule has 352 valence electrons. The Balaban J connectivity index is 1.46. The number of aliphatic hydroxyl groups is 10. The van der Waals surface area contributed by atoms with Crippen LogP contribution in [0.15, 0.2) is 0 Å². The molecular formula is C40H72O20. The van der Waals surface area contributed by atoms with Crippen LogP contribution < -0.4 is 0 Å². The van der Waals surface area contributed by atoms with Gasteiger partial charge in [-0.2, -0.15) is 0 Å². The van der Waals surface area contributed by atoms with Crippen molar-refractivity contribution in [2.24, 2.45) is 0 Å². The number of carboxylic acid groups (broad SMARTS) is 1. The molecule has 4 rings (SSSR count). The largest absolute Gasteiger partial charge is 0.481 e. The number of ether oxygens (including phenoxy) is 8. The van der Waals surface area contributed by atoms with E-state index >= 15 is 0 Å². The predicted octanol–water partition coefficient (Wildman–Crippen LogP) is -1.10. The van der Waals surface area contributed by atoms with Gasteiger partial charge in [0, 0.05) is 6.42 Å². The molecule has 20 heteroatoms. The first-order chi connectivity index (χ1) is 28.5. The lowest BCUT2D eigenvalue weighted by molar-refractivity contribution is -0.398. The van der Waals surface area contributed by atoms with Gasteiger partial charge >= 0.3 is 5.97 Å². The van der Waals surface area contributed by atoms with E-state index in [1.807, 2.05) is 0 Å². The number of aliphatic hydroxyl groups excluding tert-OH is 10. The number of carbonyl (C=O) groups is 1. The van der Waals surface area contributed by atoms with Crippen molar-refractivity contribution >= 4 is 5.97 Å². The van der Waals surface area contributed by atoms with Crippen LogP contribution >= 0.6 is 0 Å². The highest BCUT2D eigenvalue weighted by atomic mass is 16.8. The zero-order valence-corrected chi connectivity index (χ0v) is 35.1. The summed E-state index contributed by atoms with van der Waals surface area (Å²) >= 11 is 0. The molecule has 11 N–H and O–H groups in total. The highest BCUT2D eigenvalue weighted by Gasteiger charge is 2.55. The summed E-state index contributed by atoms with van der Waals surface area (Å²) in [5.41, 5.74) is 0. The van der Waals surface area contributed by atoms with Crippen LogP contribution in [0.2, 0.25) is 0 Å². The molecule has 0 aliphatic carbocycles. The summed E-state index contributed by atoms with van der Waals surface area (Å²) in [6.07, 6.45) is -20.2. The lowest BCUT2D eigenvalue weighted by atomic mass is 9.96. The van der Waals surface area contributed by atoms with Gasteiger partial charge in [0.05, 0.1) is 31.0 Å². The lowest BCUT2D eigenvalue weighted by Gasteiger charge is -2.49. The van der Waals surface area contributed by atoms with Crippen molar-refractivity contribution in [1.29, 1.82) is 0 Å². The van der Waals surface area contributed by atoms with Gasteiger partial charge in [0.25, 0.3) is 0 Å². The molecule has 0 bridgehead atoms. The quantitative estimate of drug-likeness (QED) is 0.0543. The fraction of sp³-hybridized carbons (Fsp3) is 0.975. The number of hydrogen-bond acceptors (Lipinski definition) is 19. The molecule has 0 radical (unpaired) electrons. The molecular weight excluding hydrogens is 800 g/mol. The SMILES string of the molecule is CCCCC[C@@H](CCCCCCCCCC(=O)O)O[C@@H]1O[C@H](C)[C@@H](O)[C@H](O)[C@H]1O[C@@H]1O[C@H](CO)[C@H](O)[C@H](O)[C@H]1O[C@@H]1O[C@@H](C)[C@H](O[C@@H]2O[C@H](C)[C@@H](O)[C@H](O)[C@H]2O)[C@@H](O)[C@H]1O. The van der Waals surface area contributed by atoms with Gasteiger partial charge in [0.15, 0.2) is 25.2 Å². The van der Waals surface area contributed by atoms with Crippen molar-refractivity contribution < 1.29 is 98.9 Å². The highest BCUT2D eigenvalue weighted by Crippen LogP contribution is 2.35. The molecule has 21 atom stereocenters. The van der Waals surface area contributed by atoms with Crippen LogP contribution in [0.4, 0.5) is 0 Å². The van der Waals surface area contributed by atoms with E-state index < -0.39 is 135 Å². The molecule has 0 saturated carbocycles. The van der Waals surface area contributed by atoms with E-state index in [1.165, 1.54) is 13.8 Å². The Morgan fingerprint density at radius 2 is 0.950 bits per heavy atom. The molecule has 60 heavy (non-hydrogen) atoms. The highest BCUT2D eigenvalue weighted by molar-refractivity contribution is 5.66. The van der Waals surface area contributed by atoms with E-state index in [0.29, 0.717) is 19.3 Å². The molecule has 20 nitrogen and oxygen atoms in total. The first kappa shape index (κ1) is 51.4. The summed E-state index contributed by atoms with van der Waals surface area (Å²) in [6.45, 7) is 5.76. The van der Waals surface area contributed by atoms with E-state index in [0.717, 1.165) is 57.8 Å². The van der Waals surface area contributed by atoms with E-state index in [1.54, 1.807) is 6.92 Å². The molecule has 0 amide bonds. The monoisotopic (exact) mass is 872 g/mol. The maximum absolute atomic E-state index is 11.4. The Morgan fingerprint density at radius 3 is 1.55 bits per heavy atom. The molecule has 0 aromatic heterocycles. The second-order valence-electron chi connectivity index (χ2n) is 16.7. The number of rotatable bonds is 23. The van der Waals surface area contributed by atoms with Crippen LogP contribution in [-0.2, 0) is 42.7 Å². The van der Waals surface area contributed by atoms with Gasteiger partial charge in [-0.25, -0.2) is 0 Å². The number of hydrogen-bond donors (Lipinski definition) is 11. The van der Waals surface area contributed by atoms with Crippen molar-refractivity contribution in [1.82, 2.24) is 0 Å². The van der Waals surface area contributed by atoms with E-state index in [4.69, 9.17) is 43.0 Å². The second kappa shape index (κ2) is 24.7. The minimum Gasteiger partial charge on any atom is -0.481 e. The van der Waals surface area contributed by atoms with Crippen LogP contribution in [0.5, 0.6) is 0 Å². The molecule has 0 unspecified atom stereocenters. The maximum Gasteiger partial charge on any atom is 0.303 e. The minimum atomic E-state index is -1.90. The number of aliphatic carboxylic acids is 1. The smallest absolute Gasteiger partial charge is 0.303 e. The topological polar surface area (TPSA) is 313 Å². The summed E-state index contributed by atoms with van der Waals surface area (Å²) in [5, 5.41) is 116. The summed E-state index contributed by atoms with van der Waals surface area (Å²) < 4.78 is 47.7. The number of unbranched alkanes of at least 4 members (excludes halogenated alkanes) is 8. The zero-order valence-electron chi connectivity index (χ0n) is 35.1. The van der Waals surface area contributed by atoms with Crippen molar-refractivity contribution in [2.45, 2.75) is 240 Å². The molecule has 4 fully saturated rings. The van der Waals surface area contributed by atoms with Crippen molar-refractivity contribution in [3.05, 3.63) is 0 Å². The Morgan fingerprint density at radius 1 is 0.500 bits per heavy atom. The van der Waals surface area contributed by atoms with Gasteiger partial charge in [-0.05, 0) is 40.0 Å². The van der Waals surface area contributed by atoms with Gasteiger partial charge in [0.2, 0.25) is 0 Å². The Kier molecular flexibility index (Phi) is 21.2. The summed E-state index contributed by atoms with van der Waals surface area (Å²) in [5.74, 6) is -0.791. The summed E-state index contributed by atoms with van der Waals surface area (Å²) in [6, 6.07) is 0. The third kappa shape index (κ3) is 13.6. The summed E-state index contributed by atoms with van der Waals surface area (Å²) in [7, 11) is 0. The lowest BCUT2D eigenvalue weighted by Crippen LogP contribution is -2.67. The zero-order chi connectivity index (χ0) is 44.3. The van der Waals surface area contributed by atoms with Gasteiger partial charge in [-0.3, -0.25) is 4.79 Å². The predicted molar refractivity (Wildman–Crippen MR) is 206 cm³/mol. The first-order valence-corrected chi connectivity index (χ1v) is 21.7. The van der Waals surface area contributed by atoms with E-state index in [2.05, 4.69) is 6.92 Å². The minimum absolute atomic E-state index is 0.169. The molecule has 0 aromatic rings. The van der Waals surface area contributed by atoms with Crippen LogP contribution in [-0.4, -0.2) is 198 Å². The Hall–Kier alpha value is -1.25. The Labute approximate surface area is 351 Å². The molecule has 0 spiro atoms. The second-order valence-corrected chi connectivity index (χ2v) is 16.7. The maximum atomic E-state index is 11.4. The van der Waals surface area contributed by atoms with Crippen molar-refractivity contribution in [3.63, 3.8) is 0 Å². The molecule has 4 heterocycles. The van der Waals surface area contributed by atoms with Crippen molar-refractivity contribution in [2.75, 3.05) is 6.61 Å². The molecule has 4 aliphatic heterocycles. The van der Waals surface area contributed by atoms with Gasteiger partial charge in [-0.1, -0.05) is 64.7 Å². The van der Waals surface area contributed by atoms with Crippen LogP contribution in [0.1, 0.15) is 111 Å². The fourth-order valence-corrected chi connectivity index (χ4v) is 8.09. The van der Waals surface area contributed by atoms with Gasteiger partial charge < -0.3 is 94.1 Å². The van der Waals surface area contributed by atoms with Crippen LogP contribution in [0, 0.1) is 0 Å². The number of carboxylic acids is 1. The van der Waals surface area contributed by atoms with E-state index in [9.17, 15) is 55.9 Å². The third-order valence-corrected chi connectivity index (χ3v) is 11.9. The third-order valence-electron chi connectivity index (χ3n) is 11.9. The molecule has 0 aromatic carbocycles. The summed E-state index contributed by atoms with van der Waals surface area (Å²) in [4.78, 5) is 10.8. The van der Waals surface area contributed by atoms with E-state index in [-0.39, 0.29) is 12.5 Å². The fourth-order valence-electron chi connectivity index (χ4n) is 8.09. The van der Waals surface area contributed by atoms with Gasteiger partial charge in [0.1, 0.15) is 79.4 Å². The average molecular weight is 873 g/mol. The van der Waals surface area contributed by atoms with Crippen molar-refractivity contribution in [3.8, 4) is 0 Å². The molecule has 4 aliphatic rings. The molecule has 4 saturated heterocycles. The first-order valence-electron chi connectivity index (χ1n) is 21.7. The average Bonchev–Trinajstić information content (AvgIpc) is 3.21. The van der Waals surface area contributed by atoms with Crippen LogP contribution in [0.25, 0.3) is 0 Å². The van der Waals surface area contributed by atoms with Gasteiger partial charge in [-0.15, -0.1) is 0 Å². The van der Waals surface area contributed by atoms with Crippen LogP contribution in [0.3, 0.4) is 0 Å². The normalized spacial score (nSPS) is 43.2. The standard InChI is InChI=1S/C40H72O20/c1-5-6-12-15-22(16-13-10-8-7-9-11-14-17-24(42)43)56-39-35(29(48)26(45)20(3)54-39)60-40-36(30(49)27(46)23(18-41)57-40)59-38-33(52)31(50)34(21(4)55-38)58-37-32(51)28(47)25(44)19(2)53-37/h19-23,25-41,44-52H,5-18H2,1-4H3,(H,42,43)/t19-,20-,21+,22+,23-,25-,26-,27+,28+,29+,30+,31+,32-,33-,34+,35-,36-,37+,38+,39+,40+/m1/s1. The Bertz CT molecular complexity index is 1240.